The number of fused-ring (bicyclic) bond motifs is 1. The molecule has 174 valence electrons. The average Bonchev–Trinajstić information content (AvgIpc) is 3.49. The Morgan fingerprint density at radius 1 is 1.12 bits per heavy atom. The molecular weight excluding hydrogens is 428 g/mol. The highest BCUT2D eigenvalue weighted by atomic mass is 16.5. The Kier molecular flexibility index (Phi) is 6.16. The molecule has 1 aliphatic heterocycles. The van der Waals surface area contributed by atoms with E-state index < -0.39 is 0 Å². The van der Waals surface area contributed by atoms with Crippen LogP contribution in [0, 0.1) is 12.8 Å². The van der Waals surface area contributed by atoms with Crippen molar-refractivity contribution in [3.05, 3.63) is 71.9 Å². The Morgan fingerprint density at radius 3 is 2.76 bits per heavy atom. The van der Waals surface area contributed by atoms with Crippen molar-refractivity contribution >= 4 is 22.8 Å². The molecule has 3 heterocycles. The molecule has 2 aromatic heterocycles. The number of nitrogens with one attached hydrogen (secondary N) is 1. The molecule has 1 fully saturated rings. The second-order valence-corrected chi connectivity index (χ2v) is 8.78. The highest BCUT2D eigenvalue weighted by Crippen LogP contribution is 2.33. The molecule has 4 aromatic rings. The smallest absolute Gasteiger partial charge is 0.305 e. The van der Waals surface area contributed by atoms with Gasteiger partial charge in [0.25, 0.3) is 0 Å². The molecule has 0 spiro atoms. The molecule has 0 aliphatic carbocycles. The number of esters is 1. The van der Waals surface area contributed by atoms with Crippen molar-refractivity contribution in [1.82, 2.24) is 15.0 Å². The maximum Gasteiger partial charge on any atom is 0.305 e. The number of methoxy groups -OCH3 is 1. The number of aryl methyl sites for hydroxylation is 1. The summed E-state index contributed by atoms with van der Waals surface area (Å²) in [7, 11) is 1.44. The van der Waals surface area contributed by atoms with E-state index in [1.165, 1.54) is 7.11 Å². The molecule has 7 nitrogen and oxygen atoms in total. The van der Waals surface area contributed by atoms with Gasteiger partial charge in [0, 0.05) is 18.7 Å². The zero-order valence-electron chi connectivity index (χ0n) is 19.5. The predicted molar refractivity (Wildman–Crippen MR) is 132 cm³/mol. The Balaban J connectivity index is 1.47. The topological polar surface area (TPSA) is 80.3 Å². The molecule has 0 saturated carbocycles. The van der Waals surface area contributed by atoms with Gasteiger partial charge in [-0.2, -0.15) is 0 Å². The van der Waals surface area contributed by atoms with Crippen LogP contribution in [0.5, 0.6) is 5.75 Å². The predicted octanol–water partition coefficient (Wildman–Crippen LogP) is 4.90. The minimum atomic E-state index is -0.165. The fourth-order valence-electron chi connectivity index (χ4n) is 4.46. The molecule has 1 N–H and O–H groups in total. The Bertz CT molecular complexity index is 1300. The normalized spacial score (nSPS) is 15.6. The standard InChI is InChI=1S/C27H28N4O3/c1-18-7-6-10-22(13-18)34-17-21-15-23-26(28-21)29-25(20-8-4-3-5-9-20)30-27(23)31-12-11-19(16-31)14-24(32)33-2/h3-10,13,15,19H,11-12,14,16-17H2,1-2H3,(H,28,29,30). The van der Waals surface area contributed by atoms with E-state index in [1.54, 1.807) is 0 Å². The molecule has 2 aromatic carbocycles. The maximum absolute atomic E-state index is 11.8. The van der Waals surface area contributed by atoms with E-state index in [9.17, 15) is 4.79 Å². The van der Waals surface area contributed by atoms with Crippen LogP contribution in [-0.2, 0) is 16.1 Å². The number of aromatic amines is 1. The Labute approximate surface area is 198 Å². The Hall–Kier alpha value is -3.87. The van der Waals surface area contributed by atoms with Crippen molar-refractivity contribution in [1.29, 1.82) is 0 Å². The lowest BCUT2D eigenvalue weighted by molar-refractivity contribution is -0.141. The first-order chi connectivity index (χ1) is 16.6. The minimum Gasteiger partial charge on any atom is -0.487 e. The molecular formula is C27H28N4O3. The molecule has 0 bridgehead atoms. The number of benzene rings is 2. The highest BCUT2D eigenvalue weighted by molar-refractivity contribution is 5.90. The average molecular weight is 457 g/mol. The zero-order chi connectivity index (χ0) is 23.5. The summed E-state index contributed by atoms with van der Waals surface area (Å²) in [5.41, 5.74) is 3.83. The van der Waals surface area contributed by atoms with Gasteiger partial charge < -0.3 is 19.4 Å². The van der Waals surface area contributed by atoms with E-state index in [2.05, 4.69) is 16.0 Å². The number of anilines is 1. The highest BCUT2D eigenvalue weighted by Gasteiger charge is 2.28. The lowest BCUT2D eigenvalue weighted by Gasteiger charge is -2.19. The molecule has 1 aliphatic rings. The number of H-pyrrole nitrogens is 1. The van der Waals surface area contributed by atoms with Crippen molar-refractivity contribution in [2.24, 2.45) is 5.92 Å². The first-order valence-corrected chi connectivity index (χ1v) is 11.6. The van der Waals surface area contributed by atoms with Gasteiger partial charge in [0.1, 0.15) is 23.8 Å². The number of carbonyl (C=O) groups is 1. The summed E-state index contributed by atoms with van der Waals surface area (Å²) in [6.45, 7) is 4.05. The number of hydrogen-bond acceptors (Lipinski definition) is 6. The molecule has 1 atom stereocenters. The monoisotopic (exact) mass is 456 g/mol. The van der Waals surface area contributed by atoms with Crippen LogP contribution in [0.4, 0.5) is 5.82 Å². The van der Waals surface area contributed by atoms with Crippen LogP contribution in [-0.4, -0.2) is 41.1 Å². The van der Waals surface area contributed by atoms with Gasteiger partial charge in [0.15, 0.2) is 5.82 Å². The number of carbonyl (C=O) groups excluding carboxylic acids is 1. The summed E-state index contributed by atoms with van der Waals surface area (Å²) in [5.74, 6) is 2.48. The minimum absolute atomic E-state index is 0.165. The van der Waals surface area contributed by atoms with E-state index in [1.807, 2.05) is 61.5 Å². The van der Waals surface area contributed by atoms with Crippen LogP contribution >= 0.6 is 0 Å². The second kappa shape index (κ2) is 9.55. The van der Waals surface area contributed by atoms with Crippen LogP contribution in [0.2, 0.25) is 0 Å². The fraction of sp³-hybridized carbons (Fsp3) is 0.296. The molecule has 0 amide bonds. The molecule has 5 rings (SSSR count). The van der Waals surface area contributed by atoms with E-state index >= 15 is 0 Å². The van der Waals surface area contributed by atoms with Crippen LogP contribution < -0.4 is 9.64 Å². The number of aromatic nitrogens is 3. The third kappa shape index (κ3) is 4.73. The van der Waals surface area contributed by atoms with Crippen molar-refractivity contribution < 1.29 is 14.3 Å². The van der Waals surface area contributed by atoms with Crippen LogP contribution in [0.1, 0.15) is 24.1 Å². The molecule has 1 saturated heterocycles. The number of rotatable bonds is 7. The lowest BCUT2D eigenvalue weighted by Crippen LogP contribution is -2.22. The zero-order valence-corrected chi connectivity index (χ0v) is 19.5. The van der Waals surface area contributed by atoms with Gasteiger partial charge in [-0.3, -0.25) is 4.79 Å². The van der Waals surface area contributed by atoms with Crippen molar-refractivity contribution in [3.8, 4) is 17.1 Å². The van der Waals surface area contributed by atoms with Crippen LogP contribution in [0.3, 0.4) is 0 Å². The largest absolute Gasteiger partial charge is 0.487 e. The Morgan fingerprint density at radius 2 is 1.97 bits per heavy atom. The van der Waals surface area contributed by atoms with Gasteiger partial charge in [0.2, 0.25) is 0 Å². The van der Waals surface area contributed by atoms with Gasteiger partial charge in [0.05, 0.1) is 24.6 Å². The molecule has 1 unspecified atom stereocenters. The third-order valence-corrected chi connectivity index (χ3v) is 6.21. The van der Waals surface area contributed by atoms with Gasteiger partial charge >= 0.3 is 5.97 Å². The molecule has 7 heteroatoms. The fourth-order valence-corrected chi connectivity index (χ4v) is 4.46. The van der Waals surface area contributed by atoms with E-state index in [0.29, 0.717) is 18.9 Å². The van der Waals surface area contributed by atoms with Gasteiger partial charge in [-0.05, 0) is 43.0 Å². The summed E-state index contributed by atoms with van der Waals surface area (Å²) in [4.78, 5) is 27.3. The molecule has 34 heavy (non-hydrogen) atoms. The summed E-state index contributed by atoms with van der Waals surface area (Å²) in [6.07, 6.45) is 1.35. The van der Waals surface area contributed by atoms with E-state index in [4.69, 9.17) is 19.4 Å². The van der Waals surface area contributed by atoms with Crippen molar-refractivity contribution in [3.63, 3.8) is 0 Å². The number of hydrogen-bond donors (Lipinski definition) is 1. The first kappa shape index (κ1) is 21.9. The molecule has 0 radical (unpaired) electrons. The third-order valence-electron chi connectivity index (χ3n) is 6.21. The SMILES string of the molecule is COC(=O)CC1CCN(c2nc(-c3ccccc3)nc3[nH]c(COc4cccc(C)c4)cc23)C1. The number of nitrogens with zero attached hydrogens (tertiary/aromatic N) is 3. The van der Waals surface area contributed by atoms with Gasteiger partial charge in [-0.15, -0.1) is 0 Å². The van der Waals surface area contributed by atoms with Crippen LogP contribution in [0.25, 0.3) is 22.4 Å². The van der Waals surface area contributed by atoms with Gasteiger partial charge in [-0.25, -0.2) is 9.97 Å². The first-order valence-electron chi connectivity index (χ1n) is 11.6. The van der Waals surface area contributed by atoms with Crippen molar-refractivity contribution in [2.45, 2.75) is 26.4 Å². The summed E-state index contributed by atoms with van der Waals surface area (Å²) in [5, 5.41) is 0.959. The van der Waals surface area contributed by atoms with E-state index in [0.717, 1.165) is 58.9 Å². The second-order valence-electron chi connectivity index (χ2n) is 8.78. The summed E-state index contributed by atoms with van der Waals surface area (Å²) < 4.78 is 10.9. The van der Waals surface area contributed by atoms with Crippen molar-refractivity contribution in [2.75, 3.05) is 25.1 Å². The van der Waals surface area contributed by atoms with Gasteiger partial charge in [-0.1, -0.05) is 42.5 Å². The van der Waals surface area contributed by atoms with Crippen LogP contribution in [0.15, 0.2) is 60.7 Å². The quantitative estimate of drug-likeness (QED) is 0.399. The van der Waals surface area contributed by atoms with E-state index in [-0.39, 0.29) is 11.9 Å². The number of ether oxygens (including phenoxy) is 2. The summed E-state index contributed by atoms with van der Waals surface area (Å²) >= 11 is 0. The maximum atomic E-state index is 11.8. The summed E-state index contributed by atoms with van der Waals surface area (Å²) in [6, 6.07) is 20.1. The lowest BCUT2D eigenvalue weighted by atomic mass is 10.1.